The molecule has 1 aromatic carbocycles. The van der Waals surface area contributed by atoms with E-state index in [1.165, 1.54) is 6.08 Å². The second kappa shape index (κ2) is 4.53. The van der Waals surface area contributed by atoms with Gasteiger partial charge < -0.3 is 4.98 Å². The minimum atomic E-state index is -0.0968. The third-order valence-corrected chi connectivity index (χ3v) is 2.87. The van der Waals surface area contributed by atoms with Gasteiger partial charge in [0.2, 0.25) is 5.78 Å². The number of benzene rings is 1. The summed E-state index contributed by atoms with van der Waals surface area (Å²) in [5, 5.41) is 3.97. The van der Waals surface area contributed by atoms with Crippen molar-refractivity contribution >= 4 is 22.9 Å². The quantitative estimate of drug-likeness (QED) is 0.574. The Kier molecular flexibility index (Phi) is 2.72. The maximum absolute atomic E-state index is 11.9. The van der Waals surface area contributed by atoms with E-state index in [-0.39, 0.29) is 5.78 Å². The summed E-state index contributed by atoms with van der Waals surface area (Å²) in [5.74, 6) is 0.567. The first-order chi connectivity index (χ1) is 9.24. The number of aromatic nitrogens is 4. The standard InChI is InChI=1S/C14H12N4O/c1-18-12(8-9-15-18)13(19)6-7-14-16-10-4-2-3-5-11(10)17-14/h2-9H,1H3,(H,16,17)/b7-6+. The summed E-state index contributed by atoms with van der Waals surface area (Å²) in [4.78, 5) is 19.4. The van der Waals surface area contributed by atoms with Crippen LogP contribution >= 0.6 is 0 Å². The van der Waals surface area contributed by atoms with Crippen molar-refractivity contribution in [3.8, 4) is 0 Å². The number of aromatic amines is 1. The van der Waals surface area contributed by atoms with Crippen LogP contribution in [0.4, 0.5) is 0 Å². The molecule has 1 N–H and O–H groups in total. The van der Waals surface area contributed by atoms with E-state index in [9.17, 15) is 4.79 Å². The zero-order chi connectivity index (χ0) is 13.2. The molecule has 2 heterocycles. The van der Waals surface area contributed by atoms with Crippen LogP contribution in [0.15, 0.2) is 42.6 Å². The number of ketones is 1. The zero-order valence-corrected chi connectivity index (χ0v) is 10.4. The molecule has 0 aliphatic heterocycles. The number of hydrogen-bond donors (Lipinski definition) is 1. The van der Waals surface area contributed by atoms with Crippen LogP contribution in [0.2, 0.25) is 0 Å². The third kappa shape index (κ3) is 2.18. The molecule has 0 aliphatic carbocycles. The van der Waals surface area contributed by atoms with Gasteiger partial charge in [-0.05, 0) is 30.4 Å². The lowest BCUT2D eigenvalue weighted by molar-refractivity contribution is 0.103. The normalized spacial score (nSPS) is 11.4. The number of fused-ring (bicyclic) bond motifs is 1. The maximum Gasteiger partial charge on any atom is 0.203 e. The van der Waals surface area contributed by atoms with Crippen LogP contribution in [0.1, 0.15) is 16.3 Å². The Morgan fingerprint density at radius 1 is 1.32 bits per heavy atom. The van der Waals surface area contributed by atoms with Gasteiger partial charge >= 0.3 is 0 Å². The van der Waals surface area contributed by atoms with E-state index in [4.69, 9.17) is 0 Å². The summed E-state index contributed by atoms with van der Waals surface area (Å²) >= 11 is 0. The van der Waals surface area contributed by atoms with Gasteiger partial charge in [-0.15, -0.1) is 0 Å². The highest BCUT2D eigenvalue weighted by atomic mass is 16.1. The first kappa shape index (κ1) is 11.4. The third-order valence-electron chi connectivity index (χ3n) is 2.87. The molecule has 0 aliphatic rings. The summed E-state index contributed by atoms with van der Waals surface area (Å²) in [7, 11) is 1.74. The van der Waals surface area contributed by atoms with Gasteiger partial charge in [0.25, 0.3) is 0 Å². The van der Waals surface area contributed by atoms with Crippen LogP contribution in [-0.2, 0) is 7.05 Å². The molecule has 0 saturated carbocycles. The number of nitrogens with zero attached hydrogens (tertiary/aromatic N) is 3. The number of hydrogen-bond acceptors (Lipinski definition) is 3. The molecule has 0 fully saturated rings. The van der Waals surface area contributed by atoms with Crippen molar-refractivity contribution in [3.63, 3.8) is 0 Å². The molecule has 3 aromatic rings. The van der Waals surface area contributed by atoms with E-state index in [1.54, 1.807) is 30.1 Å². The zero-order valence-electron chi connectivity index (χ0n) is 10.4. The Hall–Kier alpha value is -2.69. The number of rotatable bonds is 3. The molecule has 5 heteroatoms. The number of H-pyrrole nitrogens is 1. The number of allylic oxidation sites excluding steroid dienone is 1. The second-order valence-corrected chi connectivity index (χ2v) is 4.18. The first-order valence-electron chi connectivity index (χ1n) is 5.89. The summed E-state index contributed by atoms with van der Waals surface area (Å²) in [5.41, 5.74) is 2.39. The second-order valence-electron chi connectivity index (χ2n) is 4.18. The highest BCUT2D eigenvalue weighted by molar-refractivity contribution is 6.05. The van der Waals surface area contributed by atoms with Gasteiger partial charge in [0.15, 0.2) is 0 Å². The minimum absolute atomic E-state index is 0.0968. The summed E-state index contributed by atoms with van der Waals surface area (Å²) in [6.07, 6.45) is 4.77. The minimum Gasteiger partial charge on any atom is -0.338 e. The number of carbonyl (C=O) groups excluding carboxylic acids is 1. The van der Waals surface area contributed by atoms with Crippen molar-refractivity contribution < 1.29 is 4.79 Å². The maximum atomic E-state index is 11.9. The SMILES string of the molecule is Cn1nccc1C(=O)/C=C/c1nc2ccccc2[nH]1. The fourth-order valence-electron chi connectivity index (χ4n) is 1.91. The molecule has 0 amide bonds. The van der Waals surface area contributed by atoms with Crippen molar-refractivity contribution in [1.29, 1.82) is 0 Å². The Balaban J connectivity index is 1.86. The highest BCUT2D eigenvalue weighted by Gasteiger charge is 2.06. The number of imidazole rings is 1. The lowest BCUT2D eigenvalue weighted by Crippen LogP contribution is -2.03. The molecule has 94 valence electrons. The van der Waals surface area contributed by atoms with Crippen molar-refractivity contribution in [2.75, 3.05) is 0 Å². The molecule has 19 heavy (non-hydrogen) atoms. The lowest BCUT2D eigenvalue weighted by atomic mass is 10.2. The van der Waals surface area contributed by atoms with E-state index in [1.807, 2.05) is 24.3 Å². The Morgan fingerprint density at radius 3 is 2.89 bits per heavy atom. The van der Waals surface area contributed by atoms with Crippen molar-refractivity contribution in [2.24, 2.45) is 7.05 Å². The van der Waals surface area contributed by atoms with Crippen LogP contribution < -0.4 is 0 Å². The summed E-state index contributed by atoms with van der Waals surface area (Å²) in [6.45, 7) is 0. The Bertz CT molecular complexity index is 733. The van der Waals surface area contributed by atoms with Gasteiger partial charge in [-0.3, -0.25) is 9.48 Å². The molecule has 0 saturated heterocycles. The average molecular weight is 252 g/mol. The van der Waals surface area contributed by atoms with Gasteiger partial charge in [0.1, 0.15) is 11.5 Å². The van der Waals surface area contributed by atoms with Gasteiger partial charge in [0, 0.05) is 13.2 Å². The predicted octanol–water partition coefficient (Wildman–Crippen LogP) is 2.19. The van der Waals surface area contributed by atoms with Crippen LogP contribution in [-0.4, -0.2) is 25.5 Å². The van der Waals surface area contributed by atoms with Crippen LogP contribution in [0.5, 0.6) is 0 Å². The fourth-order valence-corrected chi connectivity index (χ4v) is 1.91. The number of carbonyl (C=O) groups is 1. The monoisotopic (exact) mass is 252 g/mol. The van der Waals surface area contributed by atoms with E-state index in [0.717, 1.165) is 11.0 Å². The van der Waals surface area contributed by atoms with Gasteiger partial charge in [-0.25, -0.2) is 4.98 Å². The number of nitrogens with one attached hydrogen (secondary N) is 1. The van der Waals surface area contributed by atoms with Gasteiger partial charge in [-0.2, -0.15) is 5.10 Å². The predicted molar refractivity (Wildman–Crippen MR) is 72.7 cm³/mol. The van der Waals surface area contributed by atoms with E-state index >= 15 is 0 Å². The van der Waals surface area contributed by atoms with Crippen molar-refractivity contribution in [2.45, 2.75) is 0 Å². The molecule has 0 unspecified atom stereocenters. The van der Waals surface area contributed by atoms with Crippen LogP contribution in [0, 0.1) is 0 Å². The summed E-state index contributed by atoms with van der Waals surface area (Å²) < 4.78 is 1.55. The molecule has 0 bridgehead atoms. The molecule has 2 aromatic heterocycles. The average Bonchev–Trinajstić information content (AvgIpc) is 3.01. The number of aryl methyl sites for hydroxylation is 1. The number of para-hydroxylation sites is 2. The highest BCUT2D eigenvalue weighted by Crippen LogP contribution is 2.11. The van der Waals surface area contributed by atoms with Gasteiger partial charge in [0.05, 0.1) is 11.0 Å². The van der Waals surface area contributed by atoms with Crippen molar-refractivity contribution in [1.82, 2.24) is 19.7 Å². The molecule has 3 rings (SSSR count). The van der Waals surface area contributed by atoms with Crippen molar-refractivity contribution in [3.05, 3.63) is 54.1 Å². The molecule has 0 atom stereocenters. The first-order valence-corrected chi connectivity index (χ1v) is 5.89. The summed E-state index contributed by atoms with van der Waals surface area (Å²) in [6, 6.07) is 9.42. The molecule has 0 spiro atoms. The largest absolute Gasteiger partial charge is 0.338 e. The van der Waals surface area contributed by atoms with Gasteiger partial charge in [-0.1, -0.05) is 12.1 Å². The Morgan fingerprint density at radius 2 is 2.16 bits per heavy atom. The Labute approximate surface area is 109 Å². The smallest absolute Gasteiger partial charge is 0.203 e. The topological polar surface area (TPSA) is 63.6 Å². The molecular formula is C14H12N4O. The van der Waals surface area contributed by atoms with E-state index < -0.39 is 0 Å². The van der Waals surface area contributed by atoms with Crippen LogP contribution in [0.3, 0.4) is 0 Å². The lowest BCUT2D eigenvalue weighted by Gasteiger charge is -1.94. The molecular weight excluding hydrogens is 240 g/mol. The molecule has 0 radical (unpaired) electrons. The van der Waals surface area contributed by atoms with E-state index in [2.05, 4.69) is 15.1 Å². The fraction of sp³-hybridized carbons (Fsp3) is 0.0714. The van der Waals surface area contributed by atoms with E-state index in [0.29, 0.717) is 11.5 Å². The molecule has 5 nitrogen and oxygen atoms in total. The van der Waals surface area contributed by atoms with Crippen LogP contribution in [0.25, 0.3) is 17.1 Å².